The van der Waals surface area contributed by atoms with E-state index in [2.05, 4.69) is 56.2 Å². The van der Waals surface area contributed by atoms with Crippen LogP contribution in [0.3, 0.4) is 0 Å². The first-order valence-corrected chi connectivity index (χ1v) is 23.2. The highest BCUT2D eigenvalue weighted by Crippen LogP contribution is 2.38. The van der Waals surface area contributed by atoms with E-state index >= 15 is 0 Å². The van der Waals surface area contributed by atoms with Crippen LogP contribution in [0.2, 0.25) is 0 Å². The summed E-state index contributed by atoms with van der Waals surface area (Å²) in [5.74, 6) is 0.825. The molecular formula is C44H89NO5S. The molecule has 0 spiro atoms. The third-order valence-electron chi connectivity index (χ3n) is 11.0. The number of hydrogen-bond acceptors (Lipinski definition) is 5. The zero-order valence-corrected chi connectivity index (χ0v) is 35.7. The van der Waals surface area contributed by atoms with Crippen LogP contribution in [0, 0.1) is 11.8 Å². The molecule has 3 unspecified atom stereocenters. The lowest BCUT2D eigenvalue weighted by Gasteiger charge is -2.46. The maximum Gasteiger partial charge on any atom is 0.397 e. The number of hydrogen-bond donors (Lipinski definition) is 3. The molecule has 0 amide bonds. The first-order valence-electron chi connectivity index (χ1n) is 21.8. The molecule has 0 bridgehead atoms. The van der Waals surface area contributed by atoms with Crippen LogP contribution >= 0.6 is 0 Å². The highest BCUT2D eigenvalue weighted by Gasteiger charge is 2.43. The Hall–Kier alpha value is -0.730. The van der Waals surface area contributed by atoms with E-state index in [-0.39, 0.29) is 0 Å². The molecule has 0 rings (SSSR count). The fourth-order valence-electron chi connectivity index (χ4n) is 7.55. The molecule has 4 N–H and O–H groups in total. The maximum absolute atomic E-state index is 11.0. The highest BCUT2D eigenvalue weighted by atomic mass is 32.3. The molecule has 0 saturated heterocycles. The molecule has 0 aromatic heterocycles. The number of nitrogens with two attached hydrogens (primary N) is 1. The van der Waals surface area contributed by atoms with E-state index < -0.39 is 22.0 Å². The van der Waals surface area contributed by atoms with Crippen molar-refractivity contribution in [2.24, 2.45) is 17.6 Å². The topological polar surface area (TPSA) is 110 Å². The lowest BCUT2D eigenvalue weighted by Crippen LogP contribution is -2.60. The van der Waals surface area contributed by atoms with Gasteiger partial charge in [0, 0.05) is 5.54 Å². The molecule has 0 aromatic rings. The molecule has 0 fully saturated rings. The summed E-state index contributed by atoms with van der Waals surface area (Å²) in [5.41, 5.74) is 6.75. The molecule has 0 radical (unpaired) electrons. The average Bonchev–Trinajstić information content (AvgIpc) is 3.11. The van der Waals surface area contributed by atoms with E-state index in [0.29, 0.717) is 11.8 Å². The van der Waals surface area contributed by atoms with Gasteiger partial charge < -0.3 is 10.8 Å². The van der Waals surface area contributed by atoms with Crippen LogP contribution in [0.15, 0.2) is 24.3 Å². The van der Waals surface area contributed by atoms with Crippen LogP contribution in [0.4, 0.5) is 0 Å². The molecule has 0 aromatic carbocycles. The second-order valence-corrected chi connectivity index (χ2v) is 16.4. The first kappa shape index (κ1) is 52.4. The van der Waals surface area contributed by atoms with Gasteiger partial charge in [0.1, 0.15) is 0 Å². The van der Waals surface area contributed by atoms with E-state index in [1.807, 2.05) is 6.92 Å². The molecule has 0 aliphatic rings. The van der Waals surface area contributed by atoms with Crippen molar-refractivity contribution < 1.29 is 22.3 Å². The van der Waals surface area contributed by atoms with Crippen molar-refractivity contribution in [1.29, 1.82) is 0 Å². The Bertz CT molecular complexity index is 825. The van der Waals surface area contributed by atoms with Gasteiger partial charge in [-0.1, -0.05) is 180 Å². The second kappa shape index (κ2) is 37.6. The van der Waals surface area contributed by atoms with Gasteiger partial charge in [0.05, 0.1) is 13.2 Å². The van der Waals surface area contributed by atoms with Gasteiger partial charge in [-0.3, -0.25) is 8.74 Å². The Balaban J connectivity index is 0. The molecule has 6 nitrogen and oxygen atoms in total. The molecule has 0 aliphatic carbocycles. The van der Waals surface area contributed by atoms with Gasteiger partial charge in [-0.25, -0.2) is 0 Å². The van der Waals surface area contributed by atoms with Crippen molar-refractivity contribution in [3.05, 3.63) is 24.3 Å². The number of unbranched alkanes of at least 4 members (excludes halogenated alkanes) is 22. The molecule has 51 heavy (non-hydrogen) atoms. The lowest BCUT2D eigenvalue weighted by molar-refractivity contribution is 0.00595. The minimum Gasteiger partial charge on any atom is -0.391 e. The van der Waals surface area contributed by atoms with E-state index in [4.69, 9.17) is 10.3 Å². The lowest BCUT2D eigenvalue weighted by atomic mass is 9.66. The molecular weight excluding hydrogens is 655 g/mol. The standard InChI is InChI=1S/C43H85NO.CH4O4S/c1-6-10-12-14-16-18-20-22-24-26-28-30-32-34-36-38-41(8-3)43(44,40(5)45)42(9-4)39-37-35-33-31-29-27-25-23-21-19-17-15-13-11-7-2;1-5-6(2,3)4/h22-25,40-42,45H,6-21,26-39,44H2,1-5H3;1H3,(H,2,3,4)/b24-22-,25-23-;. The van der Waals surface area contributed by atoms with Crippen molar-refractivity contribution in [2.45, 2.75) is 239 Å². The summed E-state index contributed by atoms with van der Waals surface area (Å²) in [6.45, 7) is 11.1. The fraction of sp³-hybridized carbons (Fsp3) is 0.909. The monoisotopic (exact) mass is 744 g/mol. The summed E-state index contributed by atoms with van der Waals surface area (Å²) in [6, 6.07) is 0. The normalized spacial score (nSPS) is 15.2. The van der Waals surface area contributed by atoms with Crippen LogP contribution in [0.1, 0.15) is 227 Å². The summed E-state index contributed by atoms with van der Waals surface area (Å²) in [4.78, 5) is 0. The Kier molecular flexibility index (Phi) is 38.6. The van der Waals surface area contributed by atoms with E-state index in [1.165, 1.54) is 180 Å². The Morgan fingerprint density at radius 3 is 1.04 bits per heavy atom. The Morgan fingerprint density at radius 1 is 0.549 bits per heavy atom. The summed E-state index contributed by atoms with van der Waals surface area (Å²) < 4.78 is 29.7. The predicted molar refractivity (Wildman–Crippen MR) is 224 cm³/mol. The van der Waals surface area contributed by atoms with Gasteiger partial charge in [-0.05, 0) is 83.0 Å². The summed E-state index contributed by atoms with van der Waals surface area (Å²) in [6.07, 6.45) is 48.6. The third-order valence-corrected chi connectivity index (χ3v) is 11.4. The Morgan fingerprint density at radius 2 is 0.804 bits per heavy atom. The minimum atomic E-state index is -4.16. The largest absolute Gasteiger partial charge is 0.397 e. The fourth-order valence-corrected chi connectivity index (χ4v) is 7.55. The van der Waals surface area contributed by atoms with Crippen LogP contribution in [0.5, 0.6) is 0 Å². The molecule has 3 atom stereocenters. The van der Waals surface area contributed by atoms with E-state index in [9.17, 15) is 13.5 Å². The zero-order valence-electron chi connectivity index (χ0n) is 34.9. The Labute approximate surface area is 319 Å². The summed E-state index contributed by atoms with van der Waals surface area (Å²) >= 11 is 0. The van der Waals surface area contributed by atoms with Crippen LogP contribution in [0.25, 0.3) is 0 Å². The van der Waals surface area contributed by atoms with Gasteiger partial charge in [0.2, 0.25) is 0 Å². The first-order chi connectivity index (χ1) is 24.5. The summed E-state index contributed by atoms with van der Waals surface area (Å²) in [5, 5.41) is 11.0. The van der Waals surface area contributed by atoms with Crippen LogP contribution in [-0.4, -0.2) is 36.8 Å². The number of allylic oxidation sites excluding steroid dienone is 4. The van der Waals surface area contributed by atoms with Gasteiger partial charge >= 0.3 is 10.4 Å². The van der Waals surface area contributed by atoms with Gasteiger partial charge in [-0.15, -0.1) is 0 Å². The quantitative estimate of drug-likeness (QED) is 0.0335. The van der Waals surface area contributed by atoms with E-state index in [0.717, 1.165) is 20.0 Å². The van der Waals surface area contributed by atoms with E-state index in [1.54, 1.807) is 0 Å². The smallest absolute Gasteiger partial charge is 0.391 e. The molecule has 0 saturated carbocycles. The van der Waals surface area contributed by atoms with Gasteiger partial charge in [0.25, 0.3) is 0 Å². The van der Waals surface area contributed by atoms with Gasteiger partial charge in [-0.2, -0.15) is 8.42 Å². The second-order valence-electron chi connectivity index (χ2n) is 15.2. The predicted octanol–water partition coefficient (Wildman–Crippen LogP) is 13.6. The summed E-state index contributed by atoms with van der Waals surface area (Å²) in [7, 11) is -3.29. The van der Waals surface area contributed by atoms with Gasteiger partial charge in [0.15, 0.2) is 0 Å². The average molecular weight is 744 g/mol. The molecule has 0 heterocycles. The number of aliphatic hydroxyl groups excluding tert-OH is 1. The van der Waals surface area contributed by atoms with Crippen molar-refractivity contribution in [2.75, 3.05) is 7.11 Å². The molecule has 7 heteroatoms. The third kappa shape index (κ3) is 32.4. The zero-order chi connectivity index (χ0) is 38.5. The highest BCUT2D eigenvalue weighted by molar-refractivity contribution is 7.80. The van der Waals surface area contributed by atoms with Crippen LogP contribution in [-0.2, 0) is 14.6 Å². The maximum atomic E-state index is 11.0. The molecule has 306 valence electrons. The SMILES string of the molecule is CCCCCCCC/C=C\CCCCCCCC(CC)C(N)(C(C)O)C(CC)CCCCCCC/C=C\CCCCCCCC.COS(=O)(=O)O. The number of rotatable bonds is 36. The van der Waals surface area contributed by atoms with Crippen molar-refractivity contribution >= 4 is 10.4 Å². The van der Waals surface area contributed by atoms with Crippen molar-refractivity contribution in [3.8, 4) is 0 Å². The van der Waals surface area contributed by atoms with Crippen molar-refractivity contribution in [1.82, 2.24) is 0 Å². The molecule has 0 aliphatic heterocycles. The number of aliphatic hydroxyl groups is 1. The van der Waals surface area contributed by atoms with Crippen molar-refractivity contribution in [3.63, 3.8) is 0 Å². The minimum absolute atomic E-state index is 0.412. The van der Waals surface area contributed by atoms with Crippen LogP contribution < -0.4 is 5.73 Å².